The van der Waals surface area contributed by atoms with Crippen LogP contribution >= 0.6 is 11.3 Å². The van der Waals surface area contributed by atoms with E-state index in [1.807, 2.05) is 17.4 Å². The molecule has 49 heavy (non-hydrogen) atoms. The van der Waals surface area contributed by atoms with Crippen LogP contribution < -0.4 is 4.90 Å². The minimum Gasteiger partial charge on any atom is -0.338 e. The lowest BCUT2D eigenvalue weighted by atomic mass is 9.77. The van der Waals surface area contributed by atoms with Crippen molar-refractivity contribution in [2.24, 2.45) is 0 Å². The number of fused-ring (bicyclic) bond motifs is 6. The van der Waals surface area contributed by atoms with Gasteiger partial charge < -0.3 is 4.90 Å². The Morgan fingerprint density at radius 3 is 2.35 bits per heavy atom. The van der Waals surface area contributed by atoms with E-state index in [1.54, 1.807) is 0 Å². The number of rotatable bonds is 8. The van der Waals surface area contributed by atoms with E-state index in [2.05, 4.69) is 184 Å². The van der Waals surface area contributed by atoms with Crippen molar-refractivity contribution in [3.63, 3.8) is 0 Å². The van der Waals surface area contributed by atoms with Crippen LogP contribution in [-0.4, -0.2) is 6.54 Å². The SMILES string of the molecule is C=C/C(=C\C=C/CN(C1=CCC(C)(c2ccccc2)C=C1)c1ccc2c(c1)C(C)(C)c1ccccc1-2)c1ccc2sc3ccccc3c2c1. The topological polar surface area (TPSA) is 3.24 Å². The number of anilines is 1. The first-order chi connectivity index (χ1) is 23.9. The molecule has 0 N–H and O–H groups in total. The average molecular weight is 652 g/mol. The molecule has 240 valence electrons. The molecule has 2 heteroatoms. The quantitative estimate of drug-likeness (QED) is 0.148. The minimum atomic E-state index is -0.0530. The van der Waals surface area contributed by atoms with Crippen molar-refractivity contribution in [1.82, 2.24) is 0 Å². The number of hydrogen-bond donors (Lipinski definition) is 0. The maximum Gasteiger partial charge on any atom is 0.0417 e. The van der Waals surface area contributed by atoms with E-state index < -0.39 is 0 Å². The summed E-state index contributed by atoms with van der Waals surface area (Å²) >= 11 is 1.85. The molecular formula is C47H41NS. The Labute approximate surface area is 294 Å². The summed E-state index contributed by atoms with van der Waals surface area (Å²) in [6.07, 6.45) is 16.7. The number of hydrogen-bond acceptors (Lipinski definition) is 2. The van der Waals surface area contributed by atoms with Gasteiger partial charge in [0.1, 0.15) is 0 Å². The van der Waals surface area contributed by atoms with Gasteiger partial charge in [0.2, 0.25) is 0 Å². The first kappa shape index (κ1) is 31.1. The van der Waals surface area contributed by atoms with Crippen LogP contribution in [-0.2, 0) is 10.8 Å². The lowest BCUT2D eigenvalue weighted by Gasteiger charge is -2.33. The van der Waals surface area contributed by atoms with Crippen molar-refractivity contribution in [2.75, 3.05) is 11.4 Å². The van der Waals surface area contributed by atoms with Crippen molar-refractivity contribution in [3.05, 3.63) is 192 Å². The van der Waals surface area contributed by atoms with Gasteiger partial charge >= 0.3 is 0 Å². The molecule has 1 atom stereocenters. The van der Waals surface area contributed by atoms with E-state index in [0.29, 0.717) is 0 Å². The highest BCUT2D eigenvalue weighted by Gasteiger charge is 2.35. The molecule has 1 heterocycles. The van der Waals surface area contributed by atoms with Crippen LogP contribution in [0.2, 0.25) is 0 Å². The van der Waals surface area contributed by atoms with Crippen molar-refractivity contribution >= 4 is 42.8 Å². The zero-order chi connectivity index (χ0) is 33.6. The number of nitrogens with zero attached hydrogens (tertiary/aromatic N) is 1. The predicted octanol–water partition coefficient (Wildman–Crippen LogP) is 12.8. The van der Waals surface area contributed by atoms with Crippen molar-refractivity contribution in [2.45, 2.75) is 38.0 Å². The molecule has 2 aliphatic carbocycles. The maximum atomic E-state index is 4.18. The van der Waals surface area contributed by atoms with Gasteiger partial charge in [0.15, 0.2) is 0 Å². The molecule has 5 aromatic carbocycles. The van der Waals surface area contributed by atoms with Gasteiger partial charge in [0.25, 0.3) is 0 Å². The Bertz CT molecular complexity index is 2340. The Balaban J connectivity index is 1.12. The van der Waals surface area contributed by atoms with Crippen LogP contribution in [0.1, 0.15) is 49.4 Å². The third-order valence-electron chi connectivity index (χ3n) is 10.6. The van der Waals surface area contributed by atoms with Crippen LogP contribution in [0, 0.1) is 0 Å². The molecule has 0 saturated carbocycles. The van der Waals surface area contributed by atoms with E-state index in [9.17, 15) is 0 Å². The lowest BCUT2D eigenvalue weighted by Crippen LogP contribution is -2.27. The largest absolute Gasteiger partial charge is 0.338 e. The summed E-state index contributed by atoms with van der Waals surface area (Å²) in [4.78, 5) is 2.46. The van der Waals surface area contributed by atoms with E-state index in [0.717, 1.165) is 18.5 Å². The smallest absolute Gasteiger partial charge is 0.0417 e. The molecule has 2 aliphatic rings. The monoisotopic (exact) mass is 651 g/mol. The Hall–Kier alpha value is -5.18. The van der Waals surface area contributed by atoms with Gasteiger partial charge in [-0.15, -0.1) is 11.3 Å². The molecule has 0 aliphatic heterocycles. The van der Waals surface area contributed by atoms with E-state index in [-0.39, 0.29) is 10.8 Å². The van der Waals surface area contributed by atoms with E-state index in [4.69, 9.17) is 0 Å². The molecule has 0 radical (unpaired) electrons. The zero-order valence-corrected chi connectivity index (χ0v) is 29.3. The molecule has 0 fully saturated rings. The molecule has 6 aromatic rings. The van der Waals surface area contributed by atoms with Gasteiger partial charge in [0, 0.05) is 48.9 Å². The summed E-state index contributed by atoms with van der Waals surface area (Å²) in [6, 6.07) is 42.2. The Kier molecular flexibility index (Phi) is 7.85. The highest BCUT2D eigenvalue weighted by molar-refractivity contribution is 7.25. The maximum absolute atomic E-state index is 4.18. The predicted molar refractivity (Wildman–Crippen MR) is 214 cm³/mol. The van der Waals surface area contributed by atoms with Crippen LogP contribution in [0.4, 0.5) is 5.69 Å². The number of benzene rings is 5. The van der Waals surface area contributed by atoms with Crippen molar-refractivity contribution in [1.29, 1.82) is 0 Å². The highest BCUT2D eigenvalue weighted by atomic mass is 32.1. The van der Waals surface area contributed by atoms with Gasteiger partial charge in [-0.1, -0.05) is 149 Å². The van der Waals surface area contributed by atoms with Crippen LogP contribution in [0.5, 0.6) is 0 Å². The van der Waals surface area contributed by atoms with Gasteiger partial charge in [-0.05, 0) is 81.8 Å². The molecule has 0 amide bonds. The number of allylic oxidation sites excluding steroid dienone is 7. The Morgan fingerprint density at radius 1 is 0.776 bits per heavy atom. The fourth-order valence-corrected chi connectivity index (χ4v) is 8.79. The van der Waals surface area contributed by atoms with Crippen LogP contribution in [0.15, 0.2) is 170 Å². The second-order valence-corrected chi connectivity index (χ2v) is 15.1. The minimum absolute atomic E-state index is 0.0235. The van der Waals surface area contributed by atoms with Crippen molar-refractivity contribution in [3.8, 4) is 11.1 Å². The van der Waals surface area contributed by atoms with Crippen LogP contribution in [0.3, 0.4) is 0 Å². The summed E-state index contributed by atoms with van der Waals surface area (Å²) < 4.78 is 2.64. The summed E-state index contributed by atoms with van der Waals surface area (Å²) in [7, 11) is 0. The average Bonchev–Trinajstić information content (AvgIpc) is 3.62. The number of thiophene rings is 1. The van der Waals surface area contributed by atoms with E-state index >= 15 is 0 Å². The third-order valence-corrected chi connectivity index (χ3v) is 11.8. The lowest BCUT2D eigenvalue weighted by molar-refractivity contribution is 0.594. The second-order valence-electron chi connectivity index (χ2n) is 14.0. The molecule has 0 bridgehead atoms. The highest BCUT2D eigenvalue weighted by Crippen LogP contribution is 2.50. The van der Waals surface area contributed by atoms with Gasteiger partial charge in [-0.3, -0.25) is 0 Å². The zero-order valence-electron chi connectivity index (χ0n) is 28.5. The van der Waals surface area contributed by atoms with Gasteiger partial charge in [-0.25, -0.2) is 0 Å². The normalized spacial score (nSPS) is 18.1. The molecular weight excluding hydrogens is 611 g/mol. The first-order valence-electron chi connectivity index (χ1n) is 17.2. The van der Waals surface area contributed by atoms with Crippen LogP contribution in [0.25, 0.3) is 36.9 Å². The van der Waals surface area contributed by atoms with Crippen molar-refractivity contribution < 1.29 is 0 Å². The second kappa shape index (κ2) is 12.4. The molecule has 8 rings (SSSR count). The fourth-order valence-electron chi connectivity index (χ4n) is 7.70. The molecule has 1 aromatic heterocycles. The standard InChI is InChI=1S/C47H41NS/c1-5-33(34-22-25-45-41(31-34)40-19-10-12-21-44(40)49-45)15-13-14-30-48(36-26-28-47(4,29-27-36)35-16-7-6-8-17-35)37-23-24-39-38-18-9-11-20-42(38)46(2,3)43(39)32-37/h5-28,31-32H,1,29-30H2,2-4H3/b14-13-,33-15+. The summed E-state index contributed by atoms with van der Waals surface area (Å²) in [5.41, 5.74) is 11.5. The summed E-state index contributed by atoms with van der Waals surface area (Å²) in [6.45, 7) is 12.0. The Morgan fingerprint density at radius 2 is 1.53 bits per heavy atom. The van der Waals surface area contributed by atoms with Gasteiger partial charge in [0.05, 0.1) is 0 Å². The molecule has 1 nitrogen and oxygen atoms in total. The summed E-state index contributed by atoms with van der Waals surface area (Å²) in [5, 5.41) is 2.62. The first-order valence-corrected chi connectivity index (χ1v) is 18.1. The third kappa shape index (κ3) is 5.51. The van der Waals surface area contributed by atoms with Gasteiger partial charge in [-0.2, -0.15) is 0 Å². The van der Waals surface area contributed by atoms with E-state index in [1.165, 1.54) is 64.9 Å². The molecule has 0 spiro atoms. The molecule has 1 unspecified atom stereocenters. The fraction of sp³-hybridized carbons (Fsp3) is 0.149. The summed E-state index contributed by atoms with van der Waals surface area (Å²) in [5.74, 6) is 0. The molecule has 0 saturated heterocycles.